The predicted molar refractivity (Wildman–Crippen MR) is 96.5 cm³/mol. The molecular weight excluding hydrogens is 300 g/mol. The van der Waals surface area contributed by atoms with Gasteiger partial charge in [0.05, 0.1) is 6.61 Å². The highest BCUT2D eigenvalue weighted by molar-refractivity contribution is 5.46. The second-order valence-corrected chi connectivity index (χ2v) is 5.98. The van der Waals surface area contributed by atoms with Crippen LogP contribution in [-0.4, -0.2) is 37.7 Å². The highest BCUT2D eigenvalue weighted by Crippen LogP contribution is 2.33. The van der Waals surface area contributed by atoms with Gasteiger partial charge in [0.15, 0.2) is 11.5 Å². The van der Waals surface area contributed by atoms with Crippen molar-refractivity contribution < 1.29 is 9.47 Å². The molecule has 1 saturated heterocycles. The van der Waals surface area contributed by atoms with Crippen LogP contribution in [0, 0.1) is 0 Å². The number of hydrogen-bond acceptors (Lipinski definition) is 4. The van der Waals surface area contributed by atoms with E-state index in [2.05, 4.69) is 34.5 Å². The molecule has 0 aliphatic carbocycles. The maximum Gasteiger partial charge on any atom is 0.166 e. The molecule has 0 aromatic heterocycles. The van der Waals surface area contributed by atoms with E-state index in [1.165, 1.54) is 5.56 Å². The summed E-state index contributed by atoms with van der Waals surface area (Å²) in [5.74, 6) is 1.71. The van der Waals surface area contributed by atoms with E-state index in [4.69, 9.17) is 9.47 Å². The summed E-state index contributed by atoms with van der Waals surface area (Å²) < 4.78 is 12.0. The standard InChI is InChI=1S/C20H26N2O2/c1-2-23-19-10-6-9-18(15-22-13-11-21-12-14-22)20(19)24-16-17-7-4-3-5-8-17/h3-10,21H,2,11-16H2,1H3. The molecule has 0 radical (unpaired) electrons. The van der Waals surface area contributed by atoms with Crippen molar-refractivity contribution in [1.82, 2.24) is 10.2 Å². The minimum absolute atomic E-state index is 0.555. The summed E-state index contributed by atoms with van der Waals surface area (Å²) in [5.41, 5.74) is 2.36. The van der Waals surface area contributed by atoms with Crippen LogP contribution >= 0.6 is 0 Å². The first-order chi connectivity index (χ1) is 11.9. The number of hydrogen-bond donors (Lipinski definition) is 1. The van der Waals surface area contributed by atoms with Gasteiger partial charge in [-0.25, -0.2) is 0 Å². The van der Waals surface area contributed by atoms with Crippen LogP contribution in [0.3, 0.4) is 0 Å². The normalized spacial score (nSPS) is 15.2. The quantitative estimate of drug-likeness (QED) is 0.848. The summed E-state index contributed by atoms with van der Waals surface area (Å²) in [5, 5.41) is 3.40. The van der Waals surface area contributed by atoms with Crippen LogP contribution in [0.4, 0.5) is 0 Å². The molecule has 24 heavy (non-hydrogen) atoms. The zero-order valence-corrected chi connectivity index (χ0v) is 14.3. The van der Waals surface area contributed by atoms with Gasteiger partial charge in [-0.3, -0.25) is 4.90 Å². The van der Waals surface area contributed by atoms with Gasteiger partial charge in [0, 0.05) is 38.3 Å². The third-order valence-corrected chi connectivity index (χ3v) is 4.19. The van der Waals surface area contributed by atoms with Crippen LogP contribution in [0.1, 0.15) is 18.1 Å². The molecule has 2 aromatic rings. The molecular formula is C20H26N2O2. The fourth-order valence-electron chi connectivity index (χ4n) is 2.96. The van der Waals surface area contributed by atoms with Gasteiger partial charge < -0.3 is 14.8 Å². The summed E-state index contributed by atoms with van der Waals surface area (Å²) >= 11 is 0. The van der Waals surface area contributed by atoms with Crippen LogP contribution < -0.4 is 14.8 Å². The van der Waals surface area contributed by atoms with E-state index < -0.39 is 0 Å². The second-order valence-electron chi connectivity index (χ2n) is 5.98. The van der Waals surface area contributed by atoms with E-state index in [0.717, 1.165) is 49.8 Å². The zero-order valence-electron chi connectivity index (χ0n) is 14.3. The average molecular weight is 326 g/mol. The minimum atomic E-state index is 0.555. The molecule has 1 heterocycles. The van der Waals surface area contributed by atoms with E-state index in [0.29, 0.717) is 13.2 Å². The number of nitrogens with one attached hydrogen (secondary N) is 1. The largest absolute Gasteiger partial charge is 0.490 e. The second kappa shape index (κ2) is 8.71. The lowest BCUT2D eigenvalue weighted by molar-refractivity contribution is 0.222. The van der Waals surface area contributed by atoms with Gasteiger partial charge in [-0.2, -0.15) is 0 Å². The molecule has 0 atom stereocenters. The van der Waals surface area contributed by atoms with E-state index in [1.54, 1.807) is 0 Å². The lowest BCUT2D eigenvalue weighted by atomic mass is 10.1. The lowest BCUT2D eigenvalue weighted by Crippen LogP contribution is -2.42. The van der Waals surface area contributed by atoms with Crippen molar-refractivity contribution in [2.75, 3.05) is 32.8 Å². The fraction of sp³-hybridized carbons (Fsp3) is 0.400. The molecule has 0 saturated carbocycles. The smallest absolute Gasteiger partial charge is 0.166 e. The fourth-order valence-corrected chi connectivity index (χ4v) is 2.96. The van der Waals surface area contributed by atoms with Crippen molar-refractivity contribution in [3.05, 3.63) is 59.7 Å². The van der Waals surface area contributed by atoms with Crippen LogP contribution in [0.25, 0.3) is 0 Å². The highest BCUT2D eigenvalue weighted by atomic mass is 16.5. The van der Waals surface area contributed by atoms with Gasteiger partial charge in [-0.15, -0.1) is 0 Å². The Morgan fingerprint density at radius 1 is 0.958 bits per heavy atom. The molecule has 0 spiro atoms. The molecule has 3 rings (SSSR count). The minimum Gasteiger partial charge on any atom is -0.490 e. The Balaban J connectivity index is 1.77. The summed E-state index contributed by atoms with van der Waals surface area (Å²) in [7, 11) is 0. The Kier molecular flexibility index (Phi) is 6.10. The Bertz CT molecular complexity index is 625. The molecule has 128 valence electrons. The maximum absolute atomic E-state index is 6.18. The molecule has 0 unspecified atom stereocenters. The van der Waals surface area contributed by atoms with Crippen LogP contribution in [0.2, 0.25) is 0 Å². The predicted octanol–water partition coefficient (Wildman–Crippen LogP) is 3.07. The Labute approximate surface area is 144 Å². The van der Waals surface area contributed by atoms with E-state index in [1.807, 2.05) is 31.2 Å². The molecule has 2 aromatic carbocycles. The molecule has 1 aliphatic heterocycles. The molecule has 0 amide bonds. The summed E-state index contributed by atoms with van der Waals surface area (Å²) in [6, 6.07) is 16.4. The first kappa shape index (κ1) is 16.8. The van der Waals surface area contributed by atoms with E-state index in [-0.39, 0.29) is 0 Å². The monoisotopic (exact) mass is 326 g/mol. The Hall–Kier alpha value is -2.04. The third-order valence-electron chi connectivity index (χ3n) is 4.19. The van der Waals surface area contributed by atoms with Crippen molar-refractivity contribution in [3.8, 4) is 11.5 Å². The van der Waals surface area contributed by atoms with Gasteiger partial charge in [-0.1, -0.05) is 42.5 Å². The van der Waals surface area contributed by atoms with Crippen molar-refractivity contribution >= 4 is 0 Å². The number of para-hydroxylation sites is 1. The topological polar surface area (TPSA) is 33.7 Å². The first-order valence-electron chi connectivity index (χ1n) is 8.71. The SMILES string of the molecule is CCOc1cccc(CN2CCNCC2)c1OCc1ccccc1. The molecule has 0 bridgehead atoms. The van der Waals surface area contributed by atoms with Gasteiger partial charge >= 0.3 is 0 Å². The third kappa shape index (κ3) is 4.49. The first-order valence-corrected chi connectivity index (χ1v) is 8.71. The summed E-state index contributed by atoms with van der Waals surface area (Å²) in [6.45, 7) is 8.32. The number of benzene rings is 2. The maximum atomic E-state index is 6.18. The lowest BCUT2D eigenvalue weighted by Gasteiger charge is -2.28. The average Bonchev–Trinajstić information content (AvgIpc) is 2.63. The molecule has 1 aliphatic rings. The molecule has 4 heteroatoms. The van der Waals surface area contributed by atoms with Crippen LogP contribution in [0.5, 0.6) is 11.5 Å². The zero-order chi connectivity index (χ0) is 16.6. The van der Waals surface area contributed by atoms with Gasteiger partial charge in [0.1, 0.15) is 6.61 Å². The number of nitrogens with zero attached hydrogens (tertiary/aromatic N) is 1. The van der Waals surface area contributed by atoms with Crippen molar-refractivity contribution in [1.29, 1.82) is 0 Å². The summed E-state index contributed by atoms with van der Waals surface area (Å²) in [4.78, 5) is 2.46. The van der Waals surface area contributed by atoms with E-state index >= 15 is 0 Å². The van der Waals surface area contributed by atoms with Gasteiger partial charge in [0.25, 0.3) is 0 Å². The van der Waals surface area contributed by atoms with Gasteiger partial charge in [0.2, 0.25) is 0 Å². The van der Waals surface area contributed by atoms with Gasteiger partial charge in [-0.05, 0) is 18.6 Å². The van der Waals surface area contributed by atoms with Crippen LogP contribution in [0.15, 0.2) is 48.5 Å². The van der Waals surface area contributed by atoms with Crippen molar-refractivity contribution in [3.63, 3.8) is 0 Å². The van der Waals surface area contributed by atoms with Crippen molar-refractivity contribution in [2.45, 2.75) is 20.1 Å². The highest BCUT2D eigenvalue weighted by Gasteiger charge is 2.16. The summed E-state index contributed by atoms with van der Waals surface area (Å²) in [6.07, 6.45) is 0. The Morgan fingerprint density at radius 2 is 1.75 bits per heavy atom. The van der Waals surface area contributed by atoms with Crippen LogP contribution in [-0.2, 0) is 13.2 Å². The molecule has 4 nitrogen and oxygen atoms in total. The number of ether oxygens (including phenoxy) is 2. The Morgan fingerprint density at radius 3 is 2.50 bits per heavy atom. The molecule has 1 fully saturated rings. The number of rotatable bonds is 7. The van der Waals surface area contributed by atoms with Crippen molar-refractivity contribution in [2.24, 2.45) is 0 Å². The van der Waals surface area contributed by atoms with E-state index in [9.17, 15) is 0 Å². The number of piperazine rings is 1. The molecule has 1 N–H and O–H groups in total.